The minimum atomic E-state index is 0.119. The molecule has 0 radical (unpaired) electrons. The number of hydrogen-bond donors (Lipinski definition) is 0. The van der Waals surface area contributed by atoms with E-state index in [2.05, 4.69) is 0 Å². The zero-order chi connectivity index (χ0) is 11.0. The topological polar surface area (TPSA) is 26.3 Å². The highest BCUT2D eigenvalue weighted by Crippen LogP contribution is 2.31. The number of ketones is 1. The third-order valence-corrected chi connectivity index (χ3v) is 2.77. The van der Waals surface area contributed by atoms with Crippen molar-refractivity contribution in [1.82, 2.24) is 0 Å². The highest BCUT2D eigenvalue weighted by atomic mass is 16.5. The van der Waals surface area contributed by atoms with Crippen LogP contribution >= 0.6 is 0 Å². The van der Waals surface area contributed by atoms with Crippen LogP contribution < -0.4 is 0 Å². The van der Waals surface area contributed by atoms with Gasteiger partial charge < -0.3 is 4.74 Å². The molecule has 2 nitrogen and oxygen atoms in total. The molecule has 0 N–H and O–H groups in total. The first-order valence-corrected chi connectivity index (χ1v) is 5.23. The van der Waals surface area contributed by atoms with E-state index in [1.54, 1.807) is 6.26 Å². The Kier molecular flexibility index (Phi) is 2.00. The summed E-state index contributed by atoms with van der Waals surface area (Å²) in [5.74, 6) is 0.770. The molecule has 1 aliphatic carbocycles. The van der Waals surface area contributed by atoms with Gasteiger partial charge in [-0.1, -0.05) is 30.3 Å². The van der Waals surface area contributed by atoms with E-state index in [-0.39, 0.29) is 5.78 Å². The van der Waals surface area contributed by atoms with Crippen molar-refractivity contribution in [2.24, 2.45) is 0 Å². The van der Waals surface area contributed by atoms with Crippen molar-refractivity contribution in [2.45, 2.75) is 6.42 Å². The molecule has 1 aliphatic heterocycles. The Labute approximate surface area is 93.5 Å². The van der Waals surface area contributed by atoms with Crippen molar-refractivity contribution in [1.29, 1.82) is 0 Å². The summed E-state index contributed by atoms with van der Waals surface area (Å²) in [5, 5.41) is 0. The van der Waals surface area contributed by atoms with Crippen molar-refractivity contribution >= 4 is 17.4 Å². The van der Waals surface area contributed by atoms with Gasteiger partial charge in [-0.25, -0.2) is 0 Å². The Morgan fingerprint density at radius 2 is 2.00 bits per heavy atom. The van der Waals surface area contributed by atoms with Gasteiger partial charge in [0.25, 0.3) is 0 Å². The number of allylic oxidation sites excluding steroid dienone is 3. The molecule has 0 atom stereocenters. The average molecular weight is 210 g/mol. The molecule has 0 fully saturated rings. The van der Waals surface area contributed by atoms with E-state index in [1.807, 2.05) is 42.5 Å². The molecule has 0 amide bonds. The lowest BCUT2D eigenvalue weighted by Gasteiger charge is -2.13. The average Bonchev–Trinajstić information content (AvgIpc) is 2.49. The van der Waals surface area contributed by atoms with Gasteiger partial charge in [0.05, 0.1) is 11.8 Å². The lowest BCUT2D eigenvalue weighted by Crippen LogP contribution is -2.08. The van der Waals surface area contributed by atoms with Gasteiger partial charge in [0, 0.05) is 6.42 Å². The van der Waals surface area contributed by atoms with Crippen molar-refractivity contribution in [3.8, 4) is 0 Å². The molecule has 16 heavy (non-hydrogen) atoms. The van der Waals surface area contributed by atoms with Gasteiger partial charge in [-0.2, -0.15) is 0 Å². The predicted molar refractivity (Wildman–Crippen MR) is 62.2 cm³/mol. The summed E-state index contributed by atoms with van der Waals surface area (Å²) < 4.78 is 5.45. The van der Waals surface area contributed by atoms with E-state index < -0.39 is 0 Å². The van der Waals surface area contributed by atoms with Crippen molar-refractivity contribution in [2.75, 3.05) is 0 Å². The van der Waals surface area contributed by atoms with Crippen molar-refractivity contribution in [3.05, 3.63) is 59.6 Å². The minimum Gasteiger partial charge on any atom is -0.464 e. The molecule has 3 rings (SSSR count). The summed E-state index contributed by atoms with van der Waals surface area (Å²) >= 11 is 0. The maximum absolute atomic E-state index is 11.9. The molecule has 0 bridgehead atoms. The van der Waals surface area contributed by atoms with E-state index >= 15 is 0 Å². The standard InChI is InChI=1S/C14H10O2/c15-12-6-3-7-13-14(12)11-5-2-1-4-10(11)8-9-16-13/h1-5,7-9H,6H2. The van der Waals surface area contributed by atoms with Crippen LogP contribution in [-0.4, -0.2) is 5.78 Å². The summed E-state index contributed by atoms with van der Waals surface area (Å²) in [6.07, 6.45) is 7.67. The third kappa shape index (κ3) is 1.31. The molecule has 0 saturated heterocycles. The van der Waals surface area contributed by atoms with Crippen LogP contribution in [0, 0.1) is 0 Å². The monoisotopic (exact) mass is 210 g/mol. The number of ether oxygens (including phenoxy) is 1. The molecule has 0 aromatic heterocycles. The van der Waals surface area contributed by atoms with Crippen molar-refractivity contribution in [3.63, 3.8) is 0 Å². The predicted octanol–water partition coefficient (Wildman–Crippen LogP) is 2.93. The van der Waals surface area contributed by atoms with E-state index in [1.165, 1.54) is 0 Å². The zero-order valence-corrected chi connectivity index (χ0v) is 8.64. The normalized spacial score (nSPS) is 17.6. The quantitative estimate of drug-likeness (QED) is 0.658. The summed E-state index contributed by atoms with van der Waals surface area (Å²) in [6, 6.07) is 7.84. The van der Waals surface area contributed by atoms with E-state index in [0.717, 1.165) is 11.1 Å². The molecule has 0 saturated carbocycles. The van der Waals surface area contributed by atoms with Crippen LogP contribution in [0.15, 0.2) is 48.4 Å². The molecule has 0 spiro atoms. The van der Waals surface area contributed by atoms with Crippen molar-refractivity contribution < 1.29 is 9.53 Å². The van der Waals surface area contributed by atoms with E-state index in [4.69, 9.17) is 4.74 Å². The smallest absolute Gasteiger partial charge is 0.171 e. The molecule has 1 aromatic rings. The Morgan fingerprint density at radius 3 is 2.94 bits per heavy atom. The van der Waals surface area contributed by atoms with Gasteiger partial charge in [-0.15, -0.1) is 0 Å². The Hall–Kier alpha value is -2.09. The second-order valence-electron chi connectivity index (χ2n) is 3.78. The van der Waals surface area contributed by atoms with Gasteiger partial charge in [-0.05, 0) is 23.3 Å². The Morgan fingerprint density at radius 1 is 1.12 bits per heavy atom. The summed E-state index contributed by atoms with van der Waals surface area (Å²) in [4.78, 5) is 11.9. The second kappa shape index (κ2) is 3.49. The molecule has 2 heteroatoms. The number of hydrogen-bond acceptors (Lipinski definition) is 2. The number of carbonyl (C=O) groups excluding carboxylic acids is 1. The maximum Gasteiger partial charge on any atom is 0.171 e. The van der Waals surface area contributed by atoms with Crippen LogP contribution in [0.25, 0.3) is 11.6 Å². The highest BCUT2D eigenvalue weighted by Gasteiger charge is 2.22. The molecule has 1 heterocycles. The zero-order valence-electron chi connectivity index (χ0n) is 8.64. The Balaban J connectivity index is 2.29. The number of carbonyl (C=O) groups is 1. The van der Waals surface area contributed by atoms with Crippen LogP contribution in [0.4, 0.5) is 0 Å². The van der Waals surface area contributed by atoms with Gasteiger partial charge >= 0.3 is 0 Å². The largest absolute Gasteiger partial charge is 0.464 e. The molecule has 78 valence electrons. The van der Waals surface area contributed by atoms with E-state index in [0.29, 0.717) is 17.8 Å². The molecular formula is C14H10O2. The third-order valence-electron chi connectivity index (χ3n) is 2.77. The van der Waals surface area contributed by atoms with Crippen LogP contribution in [0.5, 0.6) is 0 Å². The van der Waals surface area contributed by atoms with Gasteiger partial charge in [0.15, 0.2) is 5.78 Å². The molecule has 2 aliphatic rings. The fraction of sp³-hybridized carbons (Fsp3) is 0.0714. The molecule has 0 unspecified atom stereocenters. The number of fused-ring (bicyclic) bond motifs is 2. The number of benzene rings is 1. The second-order valence-corrected chi connectivity index (χ2v) is 3.78. The SMILES string of the molecule is O=C1CC=CC2=C1c1ccccc1C=CO2. The first-order chi connectivity index (χ1) is 7.86. The van der Waals surface area contributed by atoms with Gasteiger partial charge in [-0.3, -0.25) is 4.79 Å². The summed E-state index contributed by atoms with van der Waals surface area (Å²) in [7, 11) is 0. The number of Topliss-reactive ketones (excluding diaryl/α,β-unsaturated/α-hetero) is 1. The van der Waals surface area contributed by atoms with Crippen LogP contribution in [0.1, 0.15) is 17.5 Å². The van der Waals surface area contributed by atoms with E-state index in [9.17, 15) is 4.79 Å². The fourth-order valence-electron chi connectivity index (χ4n) is 2.03. The van der Waals surface area contributed by atoms with Crippen LogP contribution in [0.3, 0.4) is 0 Å². The lowest BCUT2D eigenvalue weighted by molar-refractivity contribution is -0.113. The minimum absolute atomic E-state index is 0.119. The Bertz CT molecular complexity index is 548. The van der Waals surface area contributed by atoms with Gasteiger partial charge in [0.1, 0.15) is 5.76 Å². The lowest BCUT2D eigenvalue weighted by atomic mass is 9.92. The first-order valence-electron chi connectivity index (χ1n) is 5.23. The summed E-state index contributed by atoms with van der Waals surface area (Å²) in [5.41, 5.74) is 2.68. The summed E-state index contributed by atoms with van der Waals surface area (Å²) in [6.45, 7) is 0. The first kappa shape index (κ1) is 9.16. The molecule has 1 aromatic carbocycles. The van der Waals surface area contributed by atoms with Crippen LogP contribution in [0.2, 0.25) is 0 Å². The van der Waals surface area contributed by atoms with Gasteiger partial charge in [0.2, 0.25) is 0 Å². The fourth-order valence-corrected chi connectivity index (χ4v) is 2.03. The number of rotatable bonds is 0. The highest BCUT2D eigenvalue weighted by molar-refractivity contribution is 6.24. The van der Waals surface area contributed by atoms with Crippen LogP contribution in [-0.2, 0) is 9.53 Å². The maximum atomic E-state index is 11.9. The molecular weight excluding hydrogens is 200 g/mol.